The number of carbonyl (C=O) groups is 1. The lowest BCUT2D eigenvalue weighted by molar-refractivity contribution is 0.0737. The average molecular weight is 411 g/mol. The Balaban J connectivity index is 1.79. The fourth-order valence-corrected chi connectivity index (χ4v) is 3.47. The zero-order valence-electron chi connectivity index (χ0n) is 17.0. The van der Waals surface area contributed by atoms with E-state index in [1.807, 2.05) is 65.7 Å². The first kappa shape index (κ1) is 21.0. The minimum absolute atomic E-state index is 0.0339. The number of unbranched alkanes of at least 4 members (excludes halogenated alkanes) is 1. The number of nitrogens with zero attached hydrogens (tertiary/aromatic N) is 2. The van der Waals surface area contributed by atoms with Crippen molar-refractivity contribution in [2.45, 2.75) is 32.9 Å². The van der Waals surface area contributed by atoms with Gasteiger partial charge in [-0.25, -0.2) is 0 Å². The van der Waals surface area contributed by atoms with Crippen LogP contribution in [0.15, 0.2) is 66.9 Å². The van der Waals surface area contributed by atoms with E-state index in [4.69, 9.17) is 16.3 Å². The highest BCUT2D eigenvalue weighted by Gasteiger charge is 2.17. The molecular formula is C24H27ClN2O2. The van der Waals surface area contributed by atoms with Crippen LogP contribution >= 0.6 is 11.6 Å². The molecule has 0 aliphatic carbocycles. The molecule has 0 radical (unpaired) electrons. The summed E-state index contributed by atoms with van der Waals surface area (Å²) in [7, 11) is 1.62. The van der Waals surface area contributed by atoms with Crippen molar-refractivity contribution in [3.63, 3.8) is 0 Å². The molecule has 0 bridgehead atoms. The van der Waals surface area contributed by atoms with Crippen LogP contribution in [0.2, 0.25) is 5.02 Å². The van der Waals surface area contributed by atoms with E-state index in [0.717, 1.165) is 41.4 Å². The molecule has 0 aliphatic rings. The average Bonchev–Trinajstić information content (AvgIpc) is 3.19. The van der Waals surface area contributed by atoms with Crippen molar-refractivity contribution in [2.24, 2.45) is 0 Å². The zero-order valence-corrected chi connectivity index (χ0v) is 17.7. The van der Waals surface area contributed by atoms with Crippen LogP contribution in [0.4, 0.5) is 0 Å². The van der Waals surface area contributed by atoms with Crippen molar-refractivity contribution in [3.8, 4) is 5.75 Å². The highest BCUT2D eigenvalue weighted by molar-refractivity contribution is 6.31. The van der Waals surface area contributed by atoms with Crippen molar-refractivity contribution in [1.82, 2.24) is 9.47 Å². The van der Waals surface area contributed by atoms with E-state index in [1.165, 1.54) is 0 Å². The maximum absolute atomic E-state index is 13.2. The summed E-state index contributed by atoms with van der Waals surface area (Å²) in [6.07, 6.45) is 4.04. The molecule has 3 rings (SSSR count). The predicted octanol–water partition coefficient (Wildman–Crippen LogP) is 5.64. The molecule has 0 spiro atoms. The summed E-state index contributed by atoms with van der Waals surface area (Å²) in [5.74, 6) is 0.780. The minimum Gasteiger partial charge on any atom is -0.497 e. The summed E-state index contributed by atoms with van der Waals surface area (Å²) in [5.41, 5.74) is 2.82. The van der Waals surface area contributed by atoms with Gasteiger partial charge in [-0.1, -0.05) is 43.1 Å². The SMILES string of the molecule is CCCCN(Cc1cccn1Cc1ccccc1Cl)C(=O)c1ccc(OC)cc1. The van der Waals surface area contributed by atoms with Gasteiger partial charge >= 0.3 is 0 Å². The molecule has 0 fully saturated rings. The third-order valence-corrected chi connectivity index (χ3v) is 5.35. The van der Waals surface area contributed by atoms with E-state index in [0.29, 0.717) is 18.7 Å². The third kappa shape index (κ3) is 5.42. The number of hydrogen-bond acceptors (Lipinski definition) is 2. The number of halogens is 1. The Hall–Kier alpha value is -2.72. The highest BCUT2D eigenvalue weighted by atomic mass is 35.5. The van der Waals surface area contributed by atoms with Gasteiger partial charge in [0.1, 0.15) is 5.75 Å². The van der Waals surface area contributed by atoms with Crippen LogP contribution in [0, 0.1) is 0 Å². The van der Waals surface area contributed by atoms with E-state index >= 15 is 0 Å². The van der Waals surface area contributed by atoms with Gasteiger partial charge in [-0.15, -0.1) is 0 Å². The fourth-order valence-electron chi connectivity index (χ4n) is 3.27. The molecule has 0 saturated carbocycles. The third-order valence-electron chi connectivity index (χ3n) is 4.98. The monoisotopic (exact) mass is 410 g/mol. The standard InChI is InChI=1S/C24H27ClN2O2/c1-3-4-15-27(24(28)19-11-13-22(29-2)14-12-19)18-21-9-7-16-26(21)17-20-8-5-6-10-23(20)25/h5-14,16H,3-4,15,17-18H2,1-2H3. The molecule has 29 heavy (non-hydrogen) atoms. The molecule has 0 atom stereocenters. The maximum Gasteiger partial charge on any atom is 0.254 e. The smallest absolute Gasteiger partial charge is 0.254 e. The van der Waals surface area contributed by atoms with Crippen molar-refractivity contribution >= 4 is 17.5 Å². The van der Waals surface area contributed by atoms with Gasteiger partial charge in [-0.3, -0.25) is 4.79 Å². The first-order chi connectivity index (χ1) is 14.1. The summed E-state index contributed by atoms with van der Waals surface area (Å²) < 4.78 is 7.36. The molecule has 0 N–H and O–H groups in total. The van der Waals surface area contributed by atoms with Gasteiger partial charge in [-0.2, -0.15) is 0 Å². The molecule has 4 nitrogen and oxygen atoms in total. The Morgan fingerprint density at radius 3 is 2.52 bits per heavy atom. The van der Waals surface area contributed by atoms with Crippen LogP contribution < -0.4 is 4.74 Å². The summed E-state index contributed by atoms with van der Waals surface area (Å²) in [5, 5.41) is 0.754. The molecular weight excluding hydrogens is 384 g/mol. The minimum atomic E-state index is 0.0339. The van der Waals surface area contributed by atoms with Gasteiger partial charge in [0, 0.05) is 35.6 Å². The van der Waals surface area contributed by atoms with Gasteiger partial charge in [0.15, 0.2) is 0 Å². The summed E-state index contributed by atoms with van der Waals surface area (Å²) in [6, 6.07) is 19.2. The van der Waals surface area contributed by atoms with Gasteiger partial charge in [0.05, 0.1) is 13.7 Å². The second-order valence-electron chi connectivity index (χ2n) is 7.03. The Bertz CT molecular complexity index is 934. The lowest BCUT2D eigenvalue weighted by atomic mass is 10.1. The molecule has 0 saturated heterocycles. The van der Waals surface area contributed by atoms with Gasteiger partial charge < -0.3 is 14.2 Å². The predicted molar refractivity (Wildman–Crippen MR) is 118 cm³/mol. The molecule has 1 heterocycles. The summed E-state index contributed by atoms with van der Waals surface area (Å²) >= 11 is 6.33. The second-order valence-corrected chi connectivity index (χ2v) is 7.43. The van der Waals surface area contributed by atoms with Crippen LogP contribution in [-0.4, -0.2) is 29.0 Å². The topological polar surface area (TPSA) is 34.5 Å². The quantitative estimate of drug-likeness (QED) is 0.457. The number of aromatic nitrogens is 1. The number of methoxy groups -OCH3 is 1. The van der Waals surface area contributed by atoms with Crippen molar-refractivity contribution in [2.75, 3.05) is 13.7 Å². The Kier molecular flexibility index (Phi) is 7.36. The Labute approximate surface area is 177 Å². The molecule has 5 heteroatoms. The van der Waals surface area contributed by atoms with Crippen LogP contribution in [0.1, 0.15) is 41.4 Å². The van der Waals surface area contributed by atoms with Gasteiger partial charge in [0.25, 0.3) is 5.91 Å². The Morgan fingerprint density at radius 1 is 1.07 bits per heavy atom. The maximum atomic E-state index is 13.2. The first-order valence-electron chi connectivity index (χ1n) is 9.93. The number of ether oxygens (including phenoxy) is 1. The van der Waals surface area contributed by atoms with E-state index in [2.05, 4.69) is 17.6 Å². The van der Waals surface area contributed by atoms with Crippen LogP contribution in [0.25, 0.3) is 0 Å². The Morgan fingerprint density at radius 2 is 1.83 bits per heavy atom. The largest absolute Gasteiger partial charge is 0.497 e. The molecule has 2 aromatic carbocycles. The molecule has 3 aromatic rings. The van der Waals surface area contributed by atoms with Gasteiger partial charge in [0.2, 0.25) is 0 Å². The van der Waals surface area contributed by atoms with Crippen molar-refractivity contribution in [1.29, 1.82) is 0 Å². The first-order valence-corrected chi connectivity index (χ1v) is 10.3. The fraction of sp³-hybridized carbons (Fsp3) is 0.292. The number of benzene rings is 2. The van der Waals surface area contributed by atoms with Crippen LogP contribution in [0.5, 0.6) is 5.75 Å². The van der Waals surface area contributed by atoms with Crippen LogP contribution in [-0.2, 0) is 13.1 Å². The number of carbonyl (C=O) groups excluding carboxylic acids is 1. The second kappa shape index (κ2) is 10.2. The highest BCUT2D eigenvalue weighted by Crippen LogP contribution is 2.19. The van der Waals surface area contributed by atoms with E-state index < -0.39 is 0 Å². The van der Waals surface area contributed by atoms with E-state index in [1.54, 1.807) is 7.11 Å². The molecule has 1 amide bonds. The zero-order chi connectivity index (χ0) is 20.6. The van der Waals surface area contributed by atoms with Crippen molar-refractivity contribution in [3.05, 3.63) is 88.7 Å². The summed E-state index contributed by atoms with van der Waals surface area (Å²) in [4.78, 5) is 15.1. The molecule has 0 unspecified atom stereocenters. The van der Waals surface area contributed by atoms with Crippen LogP contribution in [0.3, 0.4) is 0 Å². The molecule has 152 valence electrons. The number of amides is 1. The lowest BCUT2D eigenvalue weighted by Gasteiger charge is -2.24. The summed E-state index contributed by atoms with van der Waals surface area (Å²) in [6.45, 7) is 4.09. The molecule has 0 aliphatic heterocycles. The van der Waals surface area contributed by atoms with E-state index in [9.17, 15) is 4.79 Å². The number of rotatable bonds is 9. The molecule has 1 aromatic heterocycles. The number of hydrogen-bond donors (Lipinski definition) is 0. The lowest BCUT2D eigenvalue weighted by Crippen LogP contribution is -2.32. The normalized spacial score (nSPS) is 10.7. The van der Waals surface area contributed by atoms with E-state index in [-0.39, 0.29) is 5.91 Å². The van der Waals surface area contributed by atoms with Crippen molar-refractivity contribution < 1.29 is 9.53 Å². The van der Waals surface area contributed by atoms with Gasteiger partial charge in [-0.05, 0) is 54.4 Å².